The number of piperazine rings is 1. The van der Waals surface area contributed by atoms with Gasteiger partial charge in [0.15, 0.2) is 0 Å². The second-order valence-electron chi connectivity index (χ2n) is 6.48. The van der Waals surface area contributed by atoms with E-state index in [1.54, 1.807) is 11.1 Å². The molecule has 1 amide bonds. The lowest BCUT2D eigenvalue weighted by Gasteiger charge is -2.35. The molecule has 2 aromatic heterocycles. The number of hydrogen-bond acceptors (Lipinski definition) is 6. The second kappa shape index (κ2) is 8.40. The van der Waals surface area contributed by atoms with Crippen LogP contribution in [0, 0.1) is 5.82 Å². The Bertz CT molecular complexity index is 991. The minimum atomic E-state index is -0.606. The fraction of sp³-hybridized carbons (Fsp3) is 0.200. The number of aromatic nitrogens is 3. The van der Waals surface area contributed by atoms with Crippen molar-refractivity contribution in [2.75, 3.05) is 36.4 Å². The number of benzene rings is 1. The smallest absolute Gasteiger partial charge is 0.258 e. The predicted molar refractivity (Wildman–Crippen MR) is 109 cm³/mol. The van der Waals surface area contributed by atoms with Gasteiger partial charge in [-0.05, 0) is 24.3 Å². The molecule has 0 bridgehead atoms. The van der Waals surface area contributed by atoms with Crippen molar-refractivity contribution >= 4 is 35.0 Å². The fourth-order valence-electron chi connectivity index (χ4n) is 3.16. The van der Waals surface area contributed by atoms with E-state index >= 15 is 0 Å². The van der Waals surface area contributed by atoms with Gasteiger partial charge >= 0.3 is 0 Å². The topological polar surface area (TPSA) is 74.2 Å². The van der Waals surface area contributed by atoms with Crippen LogP contribution in [-0.4, -0.2) is 51.9 Å². The lowest BCUT2D eigenvalue weighted by molar-refractivity contribution is 0.0742. The van der Waals surface area contributed by atoms with Crippen LogP contribution in [-0.2, 0) is 0 Å². The minimum Gasteiger partial charge on any atom is -0.353 e. The van der Waals surface area contributed by atoms with Gasteiger partial charge < -0.3 is 15.1 Å². The third kappa shape index (κ3) is 4.27. The van der Waals surface area contributed by atoms with Gasteiger partial charge in [0.25, 0.3) is 5.91 Å². The van der Waals surface area contributed by atoms with Gasteiger partial charge in [-0.15, -0.1) is 0 Å². The molecule has 3 heterocycles. The number of nitrogens with zero attached hydrogens (tertiary/aromatic N) is 5. The summed E-state index contributed by atoms with van der Waals surface area (Å²) < 4.78 is 14.0. The van der Waals surface area contributed by atoms with Crippen LogP contribution >= 0.6 is 11.6 Å². The molecule has 7 nitrogen and oxygen atoms in total. The SMILES string of the molecule is O=C(c1c(F)cccc1Cl)N1CCN(c2cc(Nc3ccccn3)ncn2)CC1. The van der Waals surface area contributed by atoms with E-state index < -0.39 is 11.7 Å². The fourth-order valence-corrected chi connectivity index (χ4v) is 3.40. The van der Waals surface area contributed by atoms with Crippen LogP contribution in [0.2, 0.25) is 5.02 Å². The molecule has 0 aliphatic carbocycles. The number of halogens is 2. The number of amides is 1. The van der Waals surface area contributed by atoms with E-state index in [0.717, 1.165) is 5.82 Å². The van der Waals surface area contributed by atoms with E-state index in [9.17, 15) is 9.18 Å². The van der Waals surface area contributed by atoms with Crippen LogP contribution in [0.25, 0.3) is 0 Å². The standard InChI is InChI=1S/C20H18ClFN6O/c21-14-4-3-5-15(22)19(14)20(29)28-10-8-27(9-11-28)18-12-17(24-13-25-18)26-16-6-1-2-7-23-16/h1-7,12-13H,8-11H2,(H,23,24,25,26). The number of carbonyl (C=O) groups excluding carboxylic acids is 1. The highest BCUT2D eigenvalue weighted by Gasteiger charge is 2.26. The van der Waals surface area contributed by atoms with Crippen LogP contribution in [0.1, 0.15) is 10.4 Å². The summed E-state index contributed by atoms with van der Waals surface area (Å²) in [4.78, 5) is 29.1. The number of hydrogen-bond donors (Lipinski definition) is 1. The van der Waals surface area contributed by atoms with Crippen molar-refractivity contribution in [1.82, 2.24) is 19.9 Å². The first-order valence-electron chi connectivity index (χ1n) is 9.10. The van der Waals surface area contributed by atoms with E-state index in [4.69, 9.17) is 11.6 Å². The third-order valence-electron chi connectivity index (χ3n) is 4.64. The molecule has 148 valence electrons. The first-order chi connectivity index (χ1) is 14.1. The lowest BCUT2D eigenvalue weighted by Crippen LogP contribution is -2.49. The molecule has 0 radical (unpaired) electrons. The van der Waals surface area contributed by atoms with Crippen LogP contribution in [0.5, 0.6) is 0 Å². The molecule has 1 N–H and O–H groups in total. The van der Waals surface area contributed by atoms with Gasteiger partial charge in [-0.1, -0.05) is 23.7 Å². The number of pyridine rings is 1. The van der Waals surface area contributed by atoms with Gasteiger partial charge in [0, 0.05) is 38.4 Å². The van der Waals surface area contributed by atoms with E-state index in [1.807, 2.05) is 24.3 Å². The number of nitrogens with one attached hydrogen (secondary N) is 1. The van der Waals surface area contributed by atoms with Crippen molar-refractivity contribution in [3.8, 4) is 0 Å². The average Bonchev–Trinajstić information content (AvgIpc) is 2.74. The molecule has 1 aliphatic heterocycles. The highest BCUT2D eigenvalue weighted by Crippen LogP contribution is 2.23. The quantitative estimate of drug-likeness (QED) is 0.708. The summed E-state index contributed by atoms with van der Waals surface area (Å²) >= 11 is 6.03. The van der Waals surface area contributed by atoms with E-state index in [-0.39, 0.29) is 10.6 Å². The van der Waals surface area contributed by atoms with Crippen molar-refractivity contribution in [1.29, 1.82) is 0 Å². The molecule has 0 unspecified atom stereocenters. The normalized spacial score (nSPS) is 14.0. The molecule has 9 heteroatoms. The largest absolute Gasteiger partial charge is 0.353 e. The Kier molecular flexibility index (Phi) is 5.53. The maximum atomic E-state index is 14.0. The van der Waals surface area contributed by atoms with Gasteiger partial charge in [0.05, 0.1) is 10.6 Å². The molecule has 1 aromatic carbocycles. The summed E-state index contributed by atoms with van der Waals surface area (Å²) in [5.41, 5.74) is -0.0773. The molecule has 4 rings (SSSR count). The Balaban J connectivity index is 1.42. The Morgan fingerprint density at radius 3 is 2.55 bits per heavy atom. The number of rotatable bonds is 4. The summed E-state index contributed by atoms with van der Waals surface area (Å²) in [6, 6.07) is 11.6. The highest BCUT2D eigenvalue weighted by atomic mass is 35.5. The molecule has 0 saturated carbocycles. The Labute approximate surface area is 172 Å². The molecule has 1 aliphatic rings. The third-order valence-corrected chi connectivity index (χ3v) is 4.96. The molecule has 0 spiro atoms. The zero-order chi connectivity index (χ0) is 20.2. The zero-order valence-corrected chi connectivity index (χ0v) is 16.2. The summed E-state index contributed by atoms with van der Waals surface area (Å²) in [5.74, 6) is 1.06. The molecule has 0 atom stereocenters. The van der Waals surface area contributed by atoms with Crippen molar-refractivity contribution in [2.45, 2.75) is 0 Å². The summed E-state index contributed by atoms with van der Waals surface area (Å²) in [6.45, 7) is 2.02. The van der Waals surface area contributed by atoms with Crippen LogP contribution in [0.3, 0.4) is 0 Å². The first-order valence-corrected chi connectivity index (χ1v) is 9.48. The minimum absolute atomic E-state index is 0.0773. The highest BCUT2D eigenvalue weighted by molar-refractivity contribution is 6.33. The molecular weight excluding hydrogens is 395 g/mol. The van der Waals surface area contributed by atoms with Crippen LogP contribution < -0.4 is 10.2 Å². The average molecular weight is 413 g/mol. The number of anilines is 3. The second-order valence-corrected chi connectivity index (χ2v) is 6.88. The van der Waals surface area contributed by atoms with Gasteiger partial charge in [0.2, 0.25) is 0 Å². The Hall–Kier alpha value is -3.26. The van der Waals surface area contributed by atoms with Crippen LogP contribution in [0.4, 0.5) is 21.8 Å². The van der Waals surface area contributed by atoms with Gasteiger partial charge in [-0.3, -0.25) is 4.79 Å². The predicted octanol–water partition coefficient (Wildman–Crippen LogP) is 3.37. The number of carbonyl (C=O) groups is 1. The molecule has 1 saturated heterocycles. The summed E-state index contributed by atoms with van der Waals surface area (Å²) in [7, 11) is 0. The van der Waals surface area contributed by atoms with Crippen molar-refractivity contribution in [3.63, 3.8) is 0 Å². The van der Waals surface area contributed by atoms with E-state index in [2.05, 4.69) is 25.2 Å². The van der Waals surface area contributed by atoms with Crippen molar-refractivity contribution in [2.24, 2.45) is 0 Å². The molecular formula is C20H18ClFN6O. The maximum absolute atomic E-state index is 14.0. The summed E-state index contributed by atoms with van der Waals surface area (Å²) in [5, 5.41) is 3.26. The maximum Gasteiger partial charge on any atom is 0.258 e. The molecule has 1 fully saturated rings. The van der Waals surface area contributed by atoms with E-state index in [0.29, 0.717) is 37.8 Å². The van der Waals surface area contributed by atoms with E-state index in [1.165, 1.54) is 24.5 Å². The van der Waals surface area contributed by atoms with Crippen molar-refractivity contribution < 1.29 is 9.18 Å². The lowest BCUT2D eigenvalue weighted by atomic mass is 10.1. The first kappa shape index (κ1) is 19.1. The van der Waals surface area contributed by atoms with Gasteiger partial charge in [-0.2, -0.15) is 0 Å². The Morgan fingerprint density at radius 1 is 1.00 bits per heavy atom. The molecule has 29 heavy (non-hydrogen) atoms. The van der Waals surface area contributed by atoms with Crippen LogP contribution in [0.15, 0.2) is 55.0 Å². The monoisotopic (exact) mass is 412 g/mol. The van der Waals surface area contributed by atoms with Gasteiger partial charge in [0.1, 0.15) is 29.6 Å². The van der Waals surface area contributed by atoms with Gasteiger partial charge in [-0.25, -0.2) is 19.3 Å². The Morgan fingerprint density at radius 2 is 1.83 bits per heavy atom. The molecule has 3 aromatic rings. The zero-order valence-electron chi connectivity index (χ0n) is 15.4. The van der Waals surface area contributed by atoms with Crippen molar-refractivity contribution in [3.05, 3.63) is 71.4 Å². The summed E-state index contributed by atoms with van der Waals surface area (Å²) in [6.07, 6.45) is 3.18.